The van der Waals surface area contributed by atoms with E-state index in [0.717, 1.165) is 6.54 Å². The molecule has 2 unspecified atom stereocenters. The van der Waals surface area contributed by atoms with Gasteiger partial charge in [-0.15, -0.1) is 0 Å². The highest BCUT2D eigenvalue weighted by molar-refractivity contribution is 5.50. The van der Waals surface area contributed by atoms with E-state index >= 15 is 0 Å². The molecule has 2 nitrogen and oxygen atoms in total. The van der Waals surface area contributed by atoms with Crippen LogP contribution >= 0.6 is 0 Å². The number of nitrogens with one attached hydrogen (secondary N) is 1. The second kappa shape index (κ2) is 4.69. The van der Waals surface area contributed by atoms with Crippen molar-refractivity contribution in [3.8, 4) is 0 Å². The molecule has 1 aliphatic heterocycles. The molecule has 1 aliphatic carbocycles. The predicted molar refractivity (Wildman–Crippen MR) is 70.5 cm³/mol. The van der Waals surface area contributed by atoms with Gasteiger partial charge in [-0.05, 0) is 62.3 Å². The highest BCUT2D eigenvalue weighted by Crippen LogP contribution is 2.25. The molecule has 0 radical (unpaired) electrons. The zero-order chi connectivity index (χ0) is 11.7. The molecule has 0 amide bonds. The van der Waals surface area contributed by atoms with E-state index < -0.39 is 0 Å². The molecule has 1 saturated heterocycles. The molecular weight excluding hydrogens is 210 g/mol. The van der Waals surface area contributed by atoms with Crippen molar-refractivity contribution in [2.75, 3.05) is 11.9 Å². The van der Waals surface area contributed by atoms with Crippen molar-refractivity contribution in [1.82, 2.24) is 0 Å². The quantitative estimate of drug-likeness (QED) is 0.862. The van der Waals surface area contributed by atoms with Crippen LogP contribution in [0.15, 0.2) is 18.2 Å². The minimum atomic E-state index is 0.401. The van der Waals surface area contributed by atoms with Gasteiger partial charge in [0.15, 0.2) is 0 Å². The second-order valence-electron chi connectivity index (χ2n) is 5.36. The van der Waals surface area contributed by atoms with Gasteiger partial charge in [-0.3, -0.25) is 0 Å². The third-order valence-corrected chi connectivity index (χ3v) is 3.95. The van der Waals surface area contributed by atoms with E-state index in [1.165, 1.54) is 43.4 Å². The second-order valence-corrected chi connectivity index (χ2v) is 5.36. The summed E-state index contributed by atoms with van der Waals surface area (Å²) in [5.41, 5.74) is 4.34. The summed E-state index contributed by atoms with van der Waals surface area (Å²) in [4.78, 5) is 0. The minimum absolute atomic E-state index is 0.401. The third-order valence-electron chi connectivity index (χ3n) is 3.95. The number of anilines is 1. The number of fused-ring (bicyclic) bond motifs is 1. The fourth-order valence-electron chi connectivity index (χ4n) is 2.95. The van der Waals surface area contributed by atoms with E-state index in [1.54, 1.807) is 5.56 Å². The molecule has 2 heteroatoms. The molecule has 1 N–H and O–H groups in total. The van der Waals surface area contributed by atoms with E-state index in [0.29, 0.717) is 12.2 Å². The molecule has 1 fully saturated rings. The van der Waals surface area contributed by atoms with Gasteiger partial charge < -0.3 is 10.1 Å². The van der Waals surface area contributed by atoms with E-state index in [9.17, 15) is 0 Å². The van der Waals surface area contributed by atoms with Crippen LogP contribution in [0.3, 0.4) is 0 Å². The standard InChI is InChI=1S/C15H21NO/c1-11-5-8-15(17-11)10-16-14-7-6-12-3-2-4-13(12)9-14/h6-7,9,11,15-16H,2-5,8,10H2,1H3. The predicted octanol–water partition coefficient (Wildman–Crippen LogP) is 3.15. The van der Waals surface area contributed by atoms with Crippen LogP contribution in [0.2, 0.25) is 0 Å². The van der Waals surface area contributed by atoms with Crippen LogP contribution in [-0.4, -0.2) is 18.8 Å². The van der Waals surface area contributed by atoms with E-state index in [4.69, 9.17) is 4.74 Å². The maximum Gasteiger partial charge on any atom is 0.0751 e. The maximum absolute atomic E-state index is 5.81. The lowest BCUT2D eigenvalue weighted by Crippen LogP contribution is -2.19. The summed E-state index contributed by atoms with van der Waals surface area (Å²) >= 11 is 0. The van der Waals surface area contributed by atoms with Crippen LogP contribution in [0.4, 0.5) is 5.69 Å². The Hall–Kier alpha value is -1.02. The SMILES string of the molecule is CC1CCC(CNc2ccc3c(c2)CCC3)O1. The molecule has 1 aromatic rings. The first kappa shape index (κ1) is 11.1. The van der Waals surface area contributed by atoms with Gasteiger partial charge in [-0.1, -0.05) is 6.07 Å². The highest BCUT2D eigenvalue weighted by Gasteiger charge is 2.21. The lowest BCUT2D eigenvalue weighted by Gasteiger charge is -2.14. The van der Waals surface area contributed by atoms with Gasteiger partial charge in [0.25, 0.3) is 0 Å². The Morgan fingerprint density at radius 1 is 1.24 bits per heavy atom. The molecule has 1 aromatic carbocycles. The average molecular weight is 231 g/mol. The van der Waals surface area contributed by atoms with Crippen LogP contribution in [0.25, 0.3) is 0 Å². The van der Waals surface area contributed by atoms with Gasteiger partial charge in [-0.2, -0.15) is 0 Å². The number of rotatable bonds is 3. The fourth-order valence-corrected chi connectivity index (χ4v) is 2.95. The van der Waals surface area contributed by atoms with Crippen molar-refractivity contribution in [2.24, 2.45) is 0 Å². The minimum Gasteiger partial charge on any atom is -0.382 e. The summed E-state index contributed by atoms with van der Waals surface area (Å²) in [6, 6.07) is 6.81. The summed E-state index contributed by atoms with van der Waals surface area (Å²) in [5.74, 6) is 0. The number of aryl methyl sites for hydroxylation is 2. The molecule has 0 bridgehead atoms. The molecule has 3 rings (SSSR count). The van der Waals surface area contributed by atoms with Crippen LogP contribution in [0, 0.1) is 0 Å². The van der Waals surface area contributed by atoms with Crippen molar-refractivity contribution >= 4 is 5.69 Å². The van der Waals surface area contributed by atoms with Crippen molar-refractivity contribution in [1.29, 1.82) is 0 Å². The monoisotopic (exact) mass is 231 g/mol. The number of benzene rings is 1. The van der Waals surface area contributed by atoms with Crippen molar-refractivity contribution in [3.05, 3.63) is 29.3 Å². The number of ether oxygens (including phenoxy) is 1. The zero-order valence-electron chi connectivity index (χ0n) is 10.5. The Labute approximate surface area is 103 Å². The Morgan fingerprint density at radius 2 is 2.12 bits per heavy atom. The summed E-state index contributed by atoms with van der Waals surface area (Å²) < 4.78 is 5.81. The van der Waals surface area contributed by atoms with Gasteiger partial charge in [0, 0.05) is 12.2 Å². The molecular formula is C15H21NO. The van der Waals surface area contributed by atoms with Crippen molar-refractivity contribution in [2.45, 2.75) is 51.2 Å². The Bertz CT molecular complexity index is 402. The van der Waals surface area contributed by atoms with Gasteiger partial charge in [0.1, 0.15) is 0 Å². The van der Waals surface area contributed by atoms with Crippen LogP contribution in [0.5, 0.6) is 0 Å². The Morgan fingerprint density at radius 3 is 2.94 bits per heavy atom. The molecule has 17 heavy (non-hydrogen) atoms. The zero-order valence-corrected chi connectivity index (χ0v) is 10.5. The number of hydrogen-bond donors (Lipinski definition) is 1. The lowest BCUT2D eigenvalue weighted by atomic mass is 10.1. The van der Waals surface area contributed by atoms with Gasteiger partial charge >= 0.3 is 0 Å². The maximum atomic E-state index is 5.81. The summed E-state index contributed by atoms with van der Waals surface area (Å²) in [6.07, 6.45) is 7.08. The first-order valence-electron chi connectivity index (χ1n) is 6.82. The Balaban J connectivity index is 1.58. The molecule has 2 atom stereocenters. The van der Waals surface area contributed by atoms with E-state index in [-0.39, 0.29) is 0 Å². The summed E-state index contributed by atoms with van der Waals surface area (Å²) in [5, 5.41) is 3.51. The molecule has 92 valence electrons. The third kappa shape index (κ3) is 2.47. The molecule has 0 aromatic heterocycles. The summed E-state index contributed by atoms with van der Waals surface area (Å²) in [7, 11) is 0. The molecule has 0 spiro atoms. The van der Waals surface area contributed by atoms with Gasteiger partial charge in [-0.25, -0.2) is 0 Å². The van der Waals surface area contributed by atoms with Gasteiger partial charge in [0.2, 0.25) is 0 Å². The van der Waals surface area contributed by atoms with Gasteiger partial charge in [0.05, 0.1) is 12.2 Å². The molecule has 0 saturated carbocycles. The van der Waals surface area contributed by atoms with Crippen LogP contribution in [-0.2, 0) is 17.6 Å². The van der Waals surface area contributed by atoms with E-state index in [2.05, 4.69) is 30.4 Å². The number of hydrogen-bond acceptors (Lipinski definition) is 2. The lowest BCUT2D eigenvalue weighted by molar-refractivity contribution is 0.0637. The highest BCUT2D eigenvalue weighted by atomic mass is 16.5. The first-order chi connectivity index (χ1) is 8.31. The van der Waals surface area contributed by atoms with Crippen LogP contribution in [0.1, 0.15) is 37.3 Å². The van der Waals surface area contributed by atoms with E-state index in [1.807, 2.05) is 0 Å². The first-order valence-corrected chi connectivity index (χ1v) is 6.82. The molecule has 1 heterocycles. The molecule has 2 aliphatic rings. The topological polar surface area (TPSA) is 21.3 Å². The Kier molecular flexibility index (Phi) is 3.06. The smallest absolute Gasteiger partial charge is 0.0751 e. The fraction of sp³-hybridized carbons (Fsp3) is 0.600. The average Bonchev–Trinajstić information content (AvgIpc) is 2.94. The van der Waals surface area contributed by atoms with Crippen molar-refractivity contribution < 1.29 is 4.74 Å². The van der Waals surface area contributed by atoms with Crippen LogP contribution < -0.4 is 5.32 Å². The van der Waals surface area contributed by atoms with Crippen molar-refractivity contribution in [3.63, 3.8) is 0 Å². The largest absolute Gasteiger partial charge is 0.382 e. The summed E-state index contributed by atoms with van der Waals surface area (Å²) in [6.45, 7) is 3.11. The normalized spacial score (nSPS) is 27.1.